The molecule has 2 nitrogen and oxygen atoms in total. The molecule has 2 aliphatic rings. The fourth-order valence-corrected chi connectivity index (χ4v) is 9.96. The Morgan fingerprint density at radius 2 is 0.946 bits per heavy atom. The lowest BCUT2D eigenvalue weighted by Gasteiger charge is -2.29. The zero-order valence-corrected chi connectivity index (χ0v) is 32.1. The van der Waals surface area contributed by atoms with Crippen LogP contribution in [0.25, 0.3) is 66.4 Å². The van der Waals surface area contributed by atoms with Crippen LogP contribution < -0.4 is 4.90 Å². The van der Waals surface area contributed by atoms with Gasteiger partial charge in [0.15, 0.2) is 0 Å². The van der Waals surface area contributed by atoms with Gasteiger partial charge in [0.1, 0.15) is 11.2 Å². The van der Waals surface area contributed by atoms with Crippen molar-refractivity contribution < 1.29 is 4.42 Å². The van der Waals surface area contributed by atoms with Gasteiger partial charge >= 0.3 is 0 Å². The predicted octanol–water partition coefficient (Wildman–Crippen LogP) is 15.0. The van der Waals surface area contributed by atoms with Crippen molar-refractivity contribution in [2.75, 3.05) is 4.90 Å². The van der Waals surface area contributed by atoms with Gasteiger partial charge in [0, 0.05) is 38.5 Å². The molecule has 0 N–H and O–H groups in total. The van der Waals surface area contributed by atoms with Crippen LogP contribution >= 0.6 is 0 Å². The van der Waals surface area contributed by atoms with Crippen LogP contribution in [0.5, 0.6) is 0 Å². The third kappa shape index (κ3) is 4.62. The van der Waals surface area contributed by atoms with Crippen molar-refractivity contribution in [2.45, 2.75) is 38.5 Å². The average molecular weight is 720 g/mol. The molecule has 8 aromatic carbocycles. The Balaban J connectivity index is 1.11. The van der Waals surface area contributed by atoms with Gasteiger partial charge in [0.2, 0.25) is 0 Å². The van der Waals surface area contributed by atoms with E-state index in [-0.39, 0.29) is 10.8 Å². The lowest BCUT2D eigenvalue weighted by Crippen LogP contribution is -2.16. The molecular formula is C54H41NO. The molecule has 0 spiro atoms. The van der Waals surface area contributed by atoms with E-state index in [2.05, 4.69) is 202 Å². The molecule has 0 amide bonds. The molecular weight excluding hydrogens is 679 g/mol. The number of hydrogen-bond donors (Lipinski definition) is 0. The monoisotopic (exact) mass is 719 g/mol. The van der Waals surface area contributed by atoms with Crippen LogP contribution in [0.15, 0.2) is 180 Å². The number of nitrogens with zero attached hydrogens (tertiary/aromatic N) is 1. The summed E-state index contributed by atoms with van der Waals surface area (Å²) in [5, 5.41) is 2.28. The van der Waals surface area contributed by atoms with Gasteiger partial charge in [-0.05, 0) is 104 Å². The van der Waals surface area contributed by atoms with Crippen LogP contribution in [0.4, 0.5) is 17.1 Å². The van der Waals surface area contributed by atoms with Crippen molar-refractivity contribution >= 4 is 39.0 Å². The van der Waals surface area contributed by atoms with E-state index in [1.54, 1.807) is 0 Å². The number of fused-ring (bicyclic) bond motifs is 9. The minimum absolute atomic E-state index is 0.0471. The normalized spacial score (nSPS) is 14.4. The largest absolute Gasteiger partial charge is 0.456 e. The van der Waals surface area contributed by atoms with Crippen LogP contribution in [0, 0.1) is 0 Å². The summed E-state index contributed by atoms with van der Waals surface area (Å²) < 4.78 is 6.33. The summed E-state index contributed by atoms with van der Waals surface area (Å²) in [5.74, 6) is 0. The molecule has 0 bridgehead atoms. The Bertz CT molecular complexity index is 3030. The SMILES string of the molecule is CC1(C)c2ccccc2-c2c(-c3ccc(N(c4cccc(-c5cccc6oc7ccccc7c56)c4)c4cccc5c4-c4ccccc4C5(C)C)cc3)cccc21. The van der Waals surface area contributed by atoms with E-state index in [4.69, 9.17) is 4.42 Å². The highest BCUT2D eigenvalue weighted by atomic mass is 16.3. The maximum absolute atomic E-state index is 6.33. The number of rotatable bonds is 5. The summed E-state index contributed by atoms with van der Waals surface area (Å²) in [7, 11) is 0. The topological polar surface area (TPSA) is 16.4 Å². The molecule has 268 valence electrons. The molecule has 0 radical (unpaired) electrons. The van der Waals surface area contributed by atoms with Gasteiger partial charge in [0.05, 0.1) is 5.69 Å². The molecule has 0 aliphatic heterocycles. The molecule has 9 aromatic rings. The Morgan fingerprint density at radius 3 is 1.71 bits per heavy atom. The summed E-state index contributed by atoms with van der Waals surface area (Å²) in [5.41, 5.74) is 20.6. The number of hydrogen-bond acceptors (Lipinski definition) is 2. The molecule has 2 heteroatoms. The summed E-state index contributed by atoms with van der Waals surface area (Å²) in [4.78, 5) is 2.46. The number of furan rings is 1. The third-order valence-corrected chi connectivity index (χ3v) is 12.7. The summed E-state index contributed by atoms with van der Waals surface area (Å²) >= 11 is 0. The zero-order valence-electron chi connectivity index (χ0n) is 32.1. The molecule has 1 aromatic heterocycles. The Hall–Kier alpha value is -6.64. The van der Waals surface area contributed by atoms with E-state index in [1.165, 1.54) is 61.3 Å². The lowest BCUT2D eigenvalue weighted by atomic mass is 9.82. The first-order valence-corrected chi connectivity index (χ1v) is 19.7. The molecule has 0 atom stereocenters. The smallest absolute Gasteiger partial charge is 0.136 e. The Labute approximate surface area is 328 Å². The summed E-state index contributed by atoms with van der Waals surface area (Å²) in [6, 6.07) is 64.5. The molecule has 11 rings (SSSR count). The average Bonchev–Trinajstić information content (AvgIpc) is 3.82. The minimum atomic E-state index is -0.116. The van der Waals surface area contributed by atoms with E-state index in [9.17, 15) is 0 Å². The molecule has 1 heterocycles. The third-order valence-electron chi connectivity index (χ3n) is 12.7. The fraction of sp³-hybridized carbons (Fsp3) is 0.111. The first-order chi connectivity index (χ1) is 27.3. The minimum Gasteiger partial charge on any atom is -0.456 e. The maximum atomic E-state index is 6.33. The van der Waals surface area contributed by atoms with E-state index >= 15 is 0 Å². The summed E-state index contributed by atoms with van der Waals surface area (Å²) in [6.07, 6.45) is 0. The molecule has 0 fully saturated rings. The van der Waals surface area contributed by atoms with E-state index in [1.807, 2.05) is 6.07 Å². The fourth-order valence-electron chi connectivity index (χ4n) is 9.96. The van der Waals surface area contributed by atoms with E-state index in [0.29, 0.717) is 0 Å². The number of para-hydroxylation sites is 1. The van der Waals surface area contributed by atoms with Gasteiger partial charge in [-0.1, -0.05) is 161 Å². The molecule has 0 saturated carbocycles. The molecule has 2 aliphatic carbocycles. The Morgan fingerprint density at radius 1 is 0.393 bits per heavy atom. The van der Waals surface area contributed by atoms with Gasteiger partial charge in [-0.15, -0.1) is 0 Å². The molecule has 0 saturated heterocycles. The second-order valence-electron chi connectivity index (χ2n) is 16.5. The van der Waals surface area contributed by atoms with Crippen LogP contribution in [-0.2, 0) is 10.8 Å². The molecule has 0 unspecified atom stereocenters. The molecule has 56 heavy (non-hydrogen) atoms. The van der Waals surface area contributed by atoms with Crippen LogP contribution in [0.2, 0.25) is 0 Å². The van der Waals surface area contributed by atoms with Gasteiger partial charge in [-0.3, -0.25) is 0 Å². The highest BCUT2D eigenvalue weighted by molar-refractivity contribution is 6.12. The van der Waals surface area contributed by atoms with E-state index < -0.39 is 0 Å². The zero-order chi connectivity index (χ0) is 37.8. The Kier molecular flexibility index (Phi) is 6.98. The second kappa shape index (κ2) is 11.9. The quantitative estimate of drug-likeness (QED) is 0.176. The van der Waals surface area contributed by atoms with Gasteiger partial charge in [0.25, 0.3) is 0 Å². The summed E-state index contributed by atoms with van der Waals surface area (Å²) in [6.45, 7) is 9.41. The van der Waals surface area contributed by atoms with Gasteiger partial charge in [-0.25, -0.2) is 0 Å². The number of anilines is 3. The lowest BCUT2D eigenvalue weighted by molar-refractivity contribution is 0.660. The first kappa shape index (κ1) is 32.8. The first-order valence-electron chi connectivity index (χ1n) is 19.7. The van der Waals surface area contributed by atoms with Crippen molar-refractivity contribution in [3.8, 4) is 44.5 Å². The van der Waals surface area contributed by atoms with Crippen molar-refractivity contribution in [2.24, 2.45) is 0 Å². The maximum Gasteiger partial charge on any atom is 0.136 e. The van der Waals surface area contributed by atoms with Crippen molar-refractivity contribution in [1.29, 1.82) is 0 Å². The van der Waals surface area contributed by atoms with Crippen LogP contribution in [0.3, 0.4) is 0 Å². The van der Waals surface area contributed by atoms with Crippen LogP contribution in [-0.4, -0.2) is 0 Å². The highest BCUT2D eigenvalue weighted by Crippen LogP contribution is 2.55. The highest BCUT2D eigenvalue weighted by Gasteiger charge is 2.38. The predicted molar refractivity (Wildman–Crippen MR) is 234 cm³/mol. The van der Waals surface area contributed by atoms with Crippen molar-refractivity contribution in [3.63, 3.8) is 0 Å². The van der Waals surface area contributed by atoms with Gasteiger partial charge in [-0.2, -0.15) is 0 Å². The van der Waals surface area contributed by atoms with E-state index in [0.717, 1.165) is 44.4 Å². The van der Waals surface area contributed by atoms with Crippen LogP contribution in [0.1, 0.15) is 49.9 Å². The van der Waals surface area contributed by atoms with Crippen molar-refractivity contribution in [3.05, 3.63) is 198 Å². The standard InChI is InChI=1S/C54H41NO/c1-53(2)43-22-8-5-17-40(43)50-38(20-12-24-45(50)53)34-29-31-36(32-30-34)55(47-26-14-25-46-52(47)41-18-6-9-23-44(41)54(46,3)4)37-16-11-15-35(33-37)39-21-13-28-49-51(39)42-19-7-10-27-48(42)56-49/h5-33H,1-4H3. The van der Waals surface area contributed by atoms with Crippen molar-refractivity contribution in [1.82, 2.24) is 0 Å². The van der Waals surface area contributed by atoms with Gasteiger partial charge < -0.3 is 9.32 Å². The number of benzene rings is 8. The second-order valence-corrected chi connectivity index (χ2v) is 16.5.